The highest BCUT2D eigenvalue weighted by atomic mass is 28.3. The Morgan fingerprint density at radius 2 is 0.864 bits per heavy atom. The highest BCUT2D eigenvalue weighted by Gasteiger charge is 2.21. The molecule has 0 saturated carbocycles. The van der Waals surface area contributed by atoms with Gasteiger partial charge in [-0.25, -0.2) is 0 Å². The average molecular weight is 327 g/mol. The Morgan fingerprint density at radius 1 is 0.545 bits per heavy atom. The Bertz CT molecular complexity index is 620. The lowest BCUT2D eigenvalue weighted by Gasteiger charge is -2.19. The van der Waals surface area contributed by atoms with Gasteiger partial charge in [0.15, 0.2) is 0 Å². The first kappa shape index (κ1) is 16.8. The molecule has 0 atom stereocenters. The number of nitrogens with zero attached hydrogens (tertiary/aromatic N) is 2. The first-order chi connectivity index (χ1) is 10.2. The van der Waals surface area contributed by atoms with Gasteiger partial charge >= 0.3 is 0 Å². The minimum absolute atomic E-state index is 1.02. The van der Waals surface area contributed by atoms with Gasteiger partial charge in [0.25, 0.3) is 0 Å². The molecule has 2 rings (SSSR count). The van der Waals surface area contributed by atoms with Crippen LogP contribution in [0.2, 0.25) is 39.3 Å². The van der Waals surface area contributed by atoms with Gasteiger partial charge in [0.2, 0.25) is 0 Å². The Balaban J connectivity index is 2.43. The van der Waals surface area contributed by atoms with Crippen molar-refractivity contribution >= 4 is 37.9 Å². The maximum atomic E-state index is 4.60. The monoisotopic (exact) mass is 326 g/mol. The highest BCUT2D eigenvalue weighted by molar-refractivity contribution is 6.90. The van der Waals surface area contributed by atoms with Crippen molar-refractivity contribution in [3.8, 4) is 0 Å². The minimum atomic E-state index is -1.41. The summed E-state index contributed by atoms with van der Waals surface area (Å²) in [4.78, 5) is 0. The molecule has 22 heavy (non-hydrogen) atoms. The summed E-state index contributed by atoms with van der Waals surface area (Å²) < 4.78 is 0. The molecule has 116 valence electrons. The van der Waals surface area contributed by atoms with Gasteiger partial charge in [0.05, 0.1) is 27.5 Å². The maximum Gasteiger partial charge on any atom is 0.0849 e. The third kappa shape index (κ3) is 4.02. The largest absolute Gasteiger partial charge is 0.151 e. The zero-order valence-corrected chi connectivity index (χ0v) is 16.5. The first-order valence-corrected chi connectivity index (χ1v) is 14.8. The van der Waals surface area contributed by atoms with Crippen molar-refractivity contribution in [1.29, 1.82) is 0 Å². The zero-order valence-electron chi connectivity index (χ0n) is 14.5. The van der Waals surface area contributed by atoms with E-state index in [9.17, 15) is 0 Å². The van der Waals surface area contributed by atoms with E-state index in [2.05, 4.69) is 85.9 Å². The fourth-order valence-electron chi connectivity index (χ4n) is 2.50. The fraction of sp³-hybridized carbons (Fsp3) is 0.333. The third-order valence-corrected chi connectivity index (χ3v) is 7.77. The van der Waals surface area contributed by atoms with Gasteiger partial charge < -0.3 is 0 Å². The Morgan fingerprint density at radius 3 is 1.18 bits per heavy atom. The van der Waals surface area contributed by atoms with E-state index in [0.717, 1.165) is 11.4 Å². The van der Waals surface area contributed by atoms with Crippen molar-refractivity contribution in [2.45, 2.75) is 39.3 Å². The molecule has 0 fully saturated rings. The zero-order chi connectivity index (χ0) is 16.4. The number of hydrogen-bond donors (Lipinski definition) is 0. The molecule has 0 unspecified atom stereocenters. The third-order valence-electron chi connectivity index (χ3n) is 3.69. The number of rotatable bonds is 4. The molecule has 0 bridgehead atoms. The van der Waals surface area contributed by atoms with E-state index < -0.39 is 16.1 Å². The number of azo groups is 1. The van der Waals surface area contributed by atoms with Crippen molar-refractivity contribution in [3.63, 3.8) is 0 Å². The van der Waals surface area contributed by atoms with Crippen LogP contribution in [0.4, 0.5) is 11.4 Å². The molecular weight excluding hydrogens is 300 g/mol. The lowest BCUT2D eigenvalue weighted by molar-refractivity contribution is 1.24. The molecule has 0 N–H and O–H groups in total. The van der Waals surface area contributed by atoms with Crippen LogP contribution in [0.3, 0.4) is 0 Å². The Kier molecular flexibility index (Phi) is 4.82. The number of benzene rings is 2. The molecule has 0 aliphatic rings. The van der Waals surface area contributed by atoms with Gasteiger partial charge in [0.1, 0.15) is 0 Å². The van der Waals surface area contributed by atoms with Crippen molar-refractivity contribution in [2.75, 3.05) is 0 Å². The van der Waals surface area contributed by atoms with Gasteiger partial charge in [-0.1, -0.05) is 75.7 Å². The van der Waals surface area contributed by atoms with Crippen LogP contribution >= 0.6 is 0 Å². The lowest BCUT2D eigenvalue weighted by Crippen LogP contribution is -2.38. The fourth-order valence-corrected chi connectivity index (χ4v) is 5.49. The summed E-state index contributed by atoms with van der Waals surface area (Å²) >= 11 is 0. The van der Waals surface area contributed by atoms with E-state index in [1.165, 1.54) is 10.4 Å². The normalized spacial score (nSPS) is 12.8. The van der Waals surface area contributed by atoms with E-state index >= 15 is 0 Å². The molecule has 0 heterocycles. The second-order valence-electron chi connectivity index (χ2n) is 7.73. The summed E-state index contributed by atoms with van der Waals surface area (Å²) in [6, 6.07) is 16.8. The standard InChI is InChI=1S/C18H26N2Si2/c1-21(2,3)17-13-9-7-11-15(17)19-20-16-12-8-10-14-18(16)22(4,5)6/h7-14H,1-6H3. The molecule has 0 aromatic heterocycles. The molecule has 2 nitrogen and oxygen atoms in total. The molecule has 4 heteroatoms. The van der Waals surface area contributed by atoms with Crippen molar-refractivity contribution in [2.24, 2.45) is 10.2 Å². The minimum Gasteiger partial charge on any atom is -0.151 e. The van der Waals surface area contributed by atoms with E-state index in [1.54, 1.807) is 0 Å². The van der Waals surface area contributed by atoms with Gasteiger partial charge in [0, 0.05) is 0 Å². The summed E-state index contributed by atoms with van der Waals surface area (Å²) in [5.41, 5.74) is 2.04. The molecule has 0 saturated heterocycles. The maximum absolute atomic E-state index is 4.60. The van der Waals surface area contributed by atoms with Gasteiger partial charge in [-0.3, -0.25) is 0 Å². The predicted molar refractivity (Wildman–Crippen MR) is 103 cm³/mol. The molecular formula is C18H26N2Si2. The van der Waals surface area contributed by atoms with Crippen LogP contribution in [-0.2, 0) is 0 Å². The number of hydrogen-bond acceptors (Lipinski definition) is 2. The molecule has 2 aromatic rings. The first-order valence-electron chi connectivity index (χ1n) is 7.80. The topological polar surface area (TPSA) is 24.7 Å². The van der Waals surface area contributed by atoms with Gasteiger partial charge in [-0.05, 0) is 22.5 Å². The van der Waals surface area contributed by atoms with Crippen LogP contribution in [0.1, 0.15) is 0 Å². The van der Waals surface area contributed by atoms with Crippen LogP contribution in [0.25, 0.3) is 0 Å². The van der Waals surface area contributed by atoms with E-state index in [1.807, 2.05) is 12.1 Å². The summed E-state index contributed by atoms with van der Waals surface area (Å²) in [5, 5.41) is 11.9. The van der Waals surface area contributed by atoms with Crippen molar-refractivity contribution in [1.82, 2.24) is 0 Å². The van der Waals surface area contributed by atoms with Crippen molar-refractivity contribution in [3.05, 3.63) is 48.5 Å². The van der Waals surface area contributed by atoms with Crippen molar-refractivity contribution < 1.29 is 0 Å². The summed E-state index contributed by atoms with van der Waals surface area (Å²) in [7, 11) is -2.82. The van der Waals surface area contributed by atoms with E-state index in [-0.39, 0.29) is 0 Å². The Labute approximate surface area is 136 Å². The van der Waals surface area contributed by atoms with Crippen LogP contribution in [0.15, 0.2) is 58.8 Å². The lowest BCUT2D eigenvalue weighted by atomic mass is 10.3. The highest BCUT2D eigenvalue weighted by Crippen LogP contribution is 2.20. The smallest absolute Gasteiger partial charge is 0.0849 e. The SMILES string of the molecule is C[Si](C)(C)c1ccccc1N=Nc1ccccc1[Si](C)(C)C. The van der Waals surface area contributed by atoms with E-state index in [4.69, 9.17) is 0 Å². The van der Waals surface area contributed by atoms with Crippen LogP contribution in [0.5, 0.6) is 0 Å². The molecule has 0 radical (unpaired) electrons. The van der Waals surface area contributed by atoms with Crippen LogP contribution in [-0.4, -0.2) is 16.1 Å². The van der Waals surface area contributed by atoms with E-state index in [0.29, 0.717) is 0 Å². The molecule has 0 spiro atoms. The second kappa shape index (κ2) is 6.30. The summed E-state index contributed by atoms with van der Waals surface area (Å²) in [5.74, 6) is 0. The summed E-state index contributed by atoms with van der Waals surface area (Å²) in [6.07, 6.45) is 0. The van der Waals surface area contributed by atoms with Gasteiger partial charge in [-0.2, -0.15) is 10.2 Å². The molecule has 0 aliphatic heterocycles. The van der Waals surface area contributed by atoms with Crippen LogP contribution in [0, 0.1) is 0 Å². The molecule has 2 aromatic carbocycles. The van der Waals surface area contributed by atoms with Gasteiger partial charge in [-0.15, -0.1) is 0 Å². The van der Waals surface area contributed by atoms with Crippen LogP contribution < -0.4 is 10.4 Å². The summed E-state index contributed by atoms with van der Waals surface area (Å²) in [6.45, 7) is 14.1. The predicted octanol–water partition coefficient (Wildman–Crippen LogP) is 5.19. The second-order valence-corrected chi connectivity index (χ2v) is 17.8. The quantitative estimate of drug-likeness (QED) is 0.545. The molecule has 0 aliphatic carbocycles. The molecule has 0 amide bonds. The average Bonchev–Trinajstić information content (AvgIpc) is 2.44. The Hall–Kier alpha value is -1.53.